The van der Waals surface area contributed by atoms with Gasteiger partial charge in [-0.1, -0.05) is 42.2 Å². The van der Waals surface area contributed by atoms with Crippen LogP contribution in [-0.2, 0) is 4.79 Å². The van der Waals surface area contributed by atoms with E-state index in [1.807, 2.05) is 55.6 Å². The summed E-state index contributed by atoms with van der Waals surface area (Å²) in [4.78, 5) is 16.1. The molecule has 5 heteroatoms. The van der Waals surface area contributed by atoms with Crippen LogP contribution in [0.4, 0.5) is 5.69 Å². The first-order valence-corrected chi connectivity index (χ1v) is 8.56. The van der Waals surface area contributed by atoms with E-state index in [1.165, 1.54) is 11.8 Å². The molecule has 0 saturated carbocycles. The number of carbonyl (C=O) groups is 1. The molecule has 0 spiro atoms. The van der Waals surface area contributed by atoms with Gasteiger partial charge in [0.05, 0.1) is 10.6 Å². The number of rotatable bonds is 2. The van der Waals surface area contributed by atoms with Gasteiger partial charge in [-0.25, -0.2) is 0 Å². The summed E-state index contributed by atoms with van der Waals surface area (Å²) in [7, 11) is 0. The van der Waals surface area contributed by atoms with Crippen molar-refractivity contribution in [3.8, 4) is 0 Å². The third kappa shape index (κ3) is 2.69. The van der Waals surface area contributed by atoms with Gasteiger partial charge in [0, 0.05) is 4.88 Å². The number of amides is 1. The number of hydrogen-bond donors (Lipinski definition) is 0. The molecule has 0 bridgehead atoms. The van der Waals surface area contributed by atoms with Crippen molar-refractivity contribution >= 4 is 57.3 Å². The average Bonchev–Trinajstić information content (AvgIpc) is 3.04. The molecular formula is C16H13NOS3. The van der Waals surface area contributed by atoms with E-state index in [4.69, 9.17) is 12.2 Å². The Morgan fingerprint density at radius 1 is 1.19 bits per heavy atom. The summed E-state index contributed by atoms with van der Waals surface area (Å²) < 4.78 is 0.594. The molecule has 0 radical (unpaired) electrons. The number of thiocarbonyl (C=S) groups is 1. The minimum Gasteiger partial charge on any atom is -0.268 e. The Hall–Kier alpha value is -1.43. The van der Waals surface area contributed by atoms with E-state index in [-0.39, 0.29) is 5.91 Å². The number of thiophene rings is 1. The summed E-state index contributed by atoms with van der Waals surface area (Å²) in [6.07, 6.45) is 1.91. The third-order valence-corrected chi connectivity index (χ3v) is 5.55. The first-order valence-electron chi connectivity index (χ1n) is 6.45. The fourth-order valence-corrected chi connectivity index (χ4v) is 4.16. The molecule has 1 amide bonds. The van der Waals surface area contributed by atoms with Crippen molar-refractivity contribution in [2.24, 2.45) is 0 Å². The molecule has 106 valence electrons. The zero-order valence-electron chi connectivity index (χ0n) is 11.6. The Bertz CT molecular complexity index is 747. The molecule has 1 aromatic carbocycles. The molecule has 1 saturated heterocycles. The Kier molecular flexibility index (Phi) is 3.97. The third-order valence-electron chi connectivity index (χ3n) is 3.43. The lowest BCUT2D eigenvalue weighted by Crippen LogP contribution is -2.28. The van der Waals surface area contributed by atoms with Crippen LogP contribution in [0.1, 0.15) is 16.0 Å². The van der Waals surface area contributed by atoms with E-state index in [9.17, 15) is 4.79 Å². The van der Waals surface area contributed by atoms with Crippen molar-refractivity contribution in [2.75, 3.05) is 4.90 Å². The number of nitrogens with zero attached hydrogens (tertiary/aromatic N) is 1. The van der Waals surface area contributed by atoms with E-state index < -0.39 is 0 Å². The van der Waals surface area contributed by atoms with Crippen LogP contribution in [0.15, 0.2) is 40.6 Å². The highest BCUT2D eigenvalue weighted by Gasteiger charge is 2.34. The summed E-state index contributed by atoms with van der Waals surface area (Å²) in [5.41, 5.74) is 3.13. The summed E-state index contributed by atoms with van der Waals surface area (Å²) in [6, 6.07) is 9.91. The summed E-state index contributed by atoms with van der Waals surface area (Å²) in [6.45, 7) is 4.06. The highest BCUT2D eigenvalue weighted by atomic mass is 32.2. The zero-order chi connectivity index (χ0) is 15.0. The van der Waals surface area contributed by atoms with E-state index in [2.05, 4.69) is 0 Å². The van der Waals surface area contributed by atoms with Crippen LogP contribution in [0, 0.1) is 13.8 Å². The Balaban J connectivity index is 2.00. The van der Waals surface area contributed by atoms with Crippen molar-refractivity contribution in [3.05, 3.63) is 56.6 Å². The van der Waals surface area contributed by atoms with E-state index >= 15 is 0 Å². The van der Waals surface area contributed by atoms with Gasteiger partial charge in [0.15, 0.2) is 4.32 Å². The van der Waals surface area contributed by atoms with Gasteiger partial charge in [-0.3, -0.25) is 9.69 Å². The standard InChI is InChI=1S/C16H13NOS3/c1-10-5-3-7-13(11(10)2)17-15(18)14(21-16(17)19)9-12-6-4-8-20-12/h3-9H,1-2H3. The molecule has 1 fully saturated rings. The highest BCUT2D eigenvalue weighted by Crippen LogP contribution is 2.38. The Morgan fingerprint density at radius 2 is 2.00 bits per heavy atom. The predicted octanol–water partition coefficient (Wildman–Crippen LogP) is 4.77. The van der Waals surface area contributed by atoms with Crippen LogP contribution in [-0.4, -0.2) is 10.2 Å². The van der Waals surface area contributed by atoms with Crippen molar-refractivity contribution in [2.45, 2.75) is 13.8 Å². The normalized spacial score (nSPS) is 17.0. The largest absolute Gasteiger partial charge is 0.270 e. The van der Waals surface area contributed by atoms with Gasteiger partial charge < -0.3 is 0 Å². The van der Waals surface area contributed by atoms with E-state index in [1.54, 1.807) is 16.2 Å². The molecule has 0 atom stereocenters. The Labute approximate surface area is 137 Å². The second-order valence-corrected chi connectivity index (χ2v) is 7.41. The second kappa shape index (κ2) is 5.75. The van der Waals surface area contributed by atoms with E-state index in [0.717, 1.165) is 21.7 Å². The lowest BCUT2D eigenvalue weighted by molar-refractivity contribution is -0.113. The van der Waals surface area contributed by atoms with Crippen molar-refractivity contribution in [1.29, 1.82) is 0 Å². The van der Waals surface area contributed by atoms with Gasteiger partial charge in [-0.2, -0.15) is 0 Å². The second-order valence-electron chi connectivity index (χ2n) is 4.75. The van der Waals surface area contributed by atoms with Crippen molar-refractivity contribution < 1.29 is 4.79 Å². The molecule has 1 aliphatic rings. The van der Waals surface area contributed by atoms with Gasteiger partial charge >= 0.3 is 0 Å². The molecule has 21 heavy (non-hydrogen) atoms. The first-order chi connectivity index (χ1) is 10.1. The SMILES string of the molecule is Cc1cccc(N2C(=O)C(=Cc3cccs3)SC2=S)c1C. The molecule has 0 unspecified atom stereocenters. The molecule has 2 aromatic rings. The molecule has 1 aliphatic heterocycles. The van der Waals surface area contributed by atoms with Crippen LogP contribution in [0.5, 0.6) is 0 Å². The van der Waals surface area contributed by atoms with Crippen molar-refractivity contribution in [3.63, 3.8) is 0 Å². The summed E-state index contributed by atoms with van der Waals surface area (Å²) in [5.74, 6) is -0.0351. The average molecular weight is 331 g/mol. The molecule has 2 heterocycles. The predicted molar refractivity (Wildman–Crippen MR) is 95.9 cm³/mol. The van der Waals surface area contributed by atoms with Crippen LogP contribution >= 0.6 is 35.3 Å². The molecule has 3 rings (SSSR count). The van der Waals surface area contributed by atoms with Crippen LogP contribution in [0.25, 0.3) is 6.08 Å². The number of anilines is 1. The number of carbonyl (C=O) groups excluding carboxylic acids is 1. The van der Waals surface area contributed by atoms with Crippen LogP contribution < -0.4 is 4.90 Å². The fourth-order valence-electron chi connectivity index (χ4n) is 2.16. The van der Waals surface area contributed by atoms with Crippen LogP contribution in [0.2, 0.25) is 0 Å². The molecule has 0 aliphatic carbocycles. The van der Waals surface area contributed by atoms with Gasteiger partial charge in [-0.05, 0) is 48.6 Å². The lowest BCUT2D eigenvalue weighted by atomic mass is 10.1. The van der Waals surface area contributed by atoms with Gasteiger partial charge in [0.1, 0.15) is 0 Å². The minimum absolute atomic E-state index is 0.0351. The minimum atomic E-state index is -0.0351. The number of benzene rings is 1. The maximum Gasteiger partial charge on any atom is 0.270 e. The van der Waals surface area contributed by atoms with Gasteiger partial charge in [0.2, 0.25) is 0 Å². The Morgan fingerprint density at radius 3 is 2.71 bits per heavy atom. The molecule has 0 N–H and O–H groups in total. The fraction of sp³-hybridized carbons (Fsp3) is 0.125. The van der Waals surface area contributed by atoms with Crippen LogP contribution in [0.3, 0.4) is 0 Å². The van der Waals surface area contributed by atoms with Gasteiger partial charge in [-0.15, -0.1) is 11.3 Å². The maximum absolute atomic E-state index is 12.7. The number of hydrogen-bond acceptors (Lipinski definition) is 4. The smallest absolute Gasteiger partial charge is 0.268 e. The quantitative estimate of drug-likeness (QED) is 0.584. The highest BCUT2D eigenvalue weighted by molar-refractivity contribution is 8.27. The monoisotopic (exact) mass is 331 g/mol. The molecule has 1 aromatic heterocycles. The first kappa shape index (κ1) is 14.5. The maximum atomic E-state index is 12.7. The van der Waals surface area contributed by atoms with E-state index in [0.29, 0.717) is 9.23 Å². The van der Waals surface area contributed by atoms with Crippen molar-refractivity contribution in [1.82, 2.24) is 0 Å². The number of thioether (sulfide) groups is 1. The molecular weight excluding hydrogens is 318 g/mol. The van der Waals surface area contributed by atoms with Gasteiger partial charge in [0.25, 0.3) is 5.91 Å². The lowest BCUT2D eigenvalue weighted by Gasteiger charge is -2.18. The topological polar surface area (TPSA) is 20.3 Å². The molecule has 2 nitrogen and oxygen atoms in total. The number of aryl methyl sites for hydroxylation is 1. The zero-order valence-corrected chi connectivity index (χ0v) is 14.1. The summed E-state index contributed by atoms with van der Waals surface area (Å²) in [5, 5.41) is 2.00. The summed E-state index contributed by atoms with van der Waals surface area (Å²) >= 11 is 8.38.